The van der Waals surface area contributed by atoms with Gasteiger partial charge in [0.05, 0.1) is 6.61 Å². The number of hydrogen-bond donors (Lipinski definition) is 1. The molecular weight excluding hydrogens is 224 g/mol. The highest BCUT2D eigenvalue weighted by molar-refractivity contribution is 4.92. The van der Waals surface area contributed by atoms with Gasteiger partial charge in [0.2, 0.25) is 0 Å². The predicted octanol–water partition coefficient (Wildman–Crippen LogP) is 2.89. The maximum absolute atomic E-state index is 6.39. The second kappa shape index (κ2) is 8.13. The molecule has 2 N–H and O–H groups in total. The van der Waals surface area contributed by atoms with E-state index in [0.717, 1.165) is 26.0 Å². The summed E-state index contributed by atoms with van der Waals surface area (Å²) in [6.07, 6.45) is 2.16. The molecule has 0 aromatic carbocycles. The van der Waals surface area contributed by atoms with Crippen molar-refractivity contribution in [2.24, 2.45) is 11.1 Å². The third-order valence-electron chi connectivity index (χ3n) is 3.83. The normalized spacial score (nSPS) is 17.8. The summed E-state index contributed by atoms with van der Waals surface area (Å²) in [4.78, 5) is 2.54. The molecule has 18 heavy (non-hydrogen) atoms. The molecule has 0 aliphatic rings. The van der Waals surface area contributed by atoms with Gasteiger partial charge in [0.25, 0.3) is 0 Å². The molecule has 0 rings (SSSR count). The zero-order valence-electron chi connectivity index (χ0n) is 13.5. The van der Waals surface area contributed by atoms with Crippen LogP contribution in [0.25, 0.3) is 0 Å². The number of ether oxygens (including phenoxy) is 1. The first-order valence-electron chi connectivity index (χ1n) is 7.29. The Bertz CT molecular complexity index is 213. The van der Waals surface area contributed by atoms with Gasteiger partial charge in [0.1, 0.15) is 0 Å². The summed E-state index contributed by atoms with van der Waals surface area (Å²) < 4.78 is 5.26. The van der Waals surface area contributed by atoms with Gasteiger partial charge in [-0.1, -0.05) is 34.6 Å². The number of rotatable bonds is 8. The average molecular weight is 258 g/mol. The van der Waals surface area contributed by atoms with Crippen LogP contribution < -0.4 is 5.73 Å². The largest absolute Gasteiger partial charge is 0.383 e. The third kappa shape index (κ3) is 5.25. The van der Waals surface area contributed by atoms with Gasteiger partial charge in [-0.3, -0.25) is 4.90 Å². The summed E-state index contributed by atoms with van der Waals surface area (Å²) in [6.45, 7) is 15.3. The van der Waals surface area contributed by atoms with Gasteiger partial charge in [0, 0.05) is 31.8 Å². The van der Waals surface area contributed by atoms with E-state index in [0.29, 0.717) is 12.1 Å². The molecular formula is C15H34N2O. The van der Waals surface area contributed by atoms with E-state index < -0.39 is 0 Å². The second-order valence-electron chi connectivity index (χ2n) is 6.37. The van der Waals surface area contributed by atoms with Gasteiger partial charge >= 0.3 is 0 Å². The summed E-state index contributed by atoms with van der Waals surface area (Å²) >= 11 is 0. The predicted molar refractivity (Wildman–Crippen MR) is 79.8 cm³/mol. The van der Waals surface area contributed by atoms with E-state index in [2.05, 4.69) is 46.4 Å². The van der Waals surface area contributed by atoms with Crippen molar-refractivity contribution in [3.8, 4) is 0 Å². The number of nitrogens with zero attached hydrogens (tertiary/aromatic N) is 1. The Balaban J connectivity index is 5.07. The zero-order chi connectivity index (χ0) is 14.3. The topological polar surface area (TPSA) is 38.5 Å². The Hall–Kier alpha value is -0.120. The van der Waals surface area contributed by atoms with Crippen LogP contribution in [-0.2, 0) is 4.74 Å². The smallest absolute Gasteiger partial charge is 0.0589 e. The summed E-state index contributed by atoms with van der Waals surface area (Å²) in [6, 6.07) is 1.16. The minimum Gasteiger partial charge on any atom is -0.383 e. The molecule has 0 heterocycles. The van der Waals surface area contributed by atoms with Crippen LogP contribution in [-0.4, -0.2) is 43.3 Å². The Morgan fingerprint density at radius 3 is 2.06 bits per heavy atom. The van der Waals surface area contributed by atoms with Gasteiger partial charge in [-0.2, -0.15) is 0 Å². The van der Waals surface area contributed by atoms with Crippen LogP contribution in [0, 0.1) is 5.41 Å². The van der Waals surface area contributed by atoms with Gasteiger partial charge in [0.15, 0.2) is 0 Å². The van der Waals surface area contributed by atoms with Crippen LogP contribution in [0.2, 0.25) is 0 Å². The molecule has 0 amide bonds. The first-order chi connectivity index (χ1) is 8.29. The standard InChI is InChI=1S/C15H34N2O/c1-8-12(3)17(10-11-18-7)14(13(16)9-2)15(4,5)6/h12-14H,8-11,16H2,1-7H3. The van der Waals surface area contributed by atoms with E-state index in [1.165, 1.54) is 0 Å². The fourth-order valence-corrected chi connectivity index (χ4v) is 2.67. The molecule has 0 aliphatic carbocycles. The first kappa shape index (κ1) is 17.9. The molecule has 0 radical (unpaired) electrons. The van der Waals surface area contributed by atoms with Crippen LogP contribution in [0.15, 0.2) is 0 Å². The lowest BCUT2D eigenvalue weighted by molar-refractivity contribution is 0.0229. The molecule has 3 atom stereocenters. The number of nitrogens with two attached hydrogens (primary N) is 1. The molecule has 110 valence electrons. The van der Waals surface area contributed by atoms with Crippen molar-refractivity contribution in [1.82, 2.24) is 4.90 Å². The lowest BCUT2D eigenvalue weighted by Gasteiger charge is -2.46. The van der Waals surface area contributed by atoms with E-state index in [9.17, 15) is 0 Å². The van der Waals surface area contributed by atoms with Gasteiger partial charge in [-0.05, 0) is 25.2 Å². The fraction of sp³-hybridized carbons (Fsp3) is 1.00. The fourth-order valence-electron chi connectivity index (χ4n) is 2.67. The Labute approximate surface area is 114 Å². The minimum absolute atomic E-state index is 0.187. The van der Waals surface area contributed by atoms with Crippen LogP contribution in [0.3, 0.4) is 0 Å². The summed E-state index contributed by atoms with van der Waals surface area (Å²) in [5.41, 5.74) is 6.57. The van der Waals surface area contributed by atoms with E-state index in [1.54, 1.807) is 7.11 Å². The molecule has 3 unspecified atom stereocenters. The SMILES string of the molecule is CCC(N)C(N(CCOC)C(C)CC)C(C)(C)C. The van der Waals surface area contributed by atoms with E-state index >= 15 is 0 Å². The highest BCUT2D eigenvalue weighted by Crippen LogP contribution is 2.29. The van der Waals surface area contributed by atoms with Crippen molar-refractivity contribution in [2.45, 2.75) is 72.5 Å². The number of hydrogen-bond acceptors (Lipinski definition) is 3. The van der Waals surface area contributed by atoms with E-state index in [-0.39, 0.29) is 11.5 Å². The zero-order valence-corrected chi connectivity index (χ0v) is 13.5. The summed E-state index contributed by atoms with van der Waals surface area (Å²) in [7, 11) is 1.76. The van der Waals surface area contributed by atoms with Crippen molar-refractivity contribution in [1.29, 1.82) is 0 Å². The lowest BCUT2D eigenvalue weighted by atomic mass is 9.79. The van der Waals surface area contributed by atoms with E-state index in [1.807, 2.05) is 0 Å². The maximum Gasteiger partial charge on any atom is 0.0589 e. The molecule has 0 fully saturated rings. The summed E-state index contributed by atoms with van der Waals surface area (Å²) in [5.74, 6) is 0. The number of methoxy groups -OCH3 is 1. The van der Waals surface area contributed by atoms with Crippen molar-refractivity contribution in [3.05, 3.63) is 0 Å². The van der Waals surface area contributed by atoms with Crippen LogP contribution in [0.4, 0.5) is 0 Å². The first-order valence-corrected chi connectivity index (χ1v) is 7.29. The van der Waals surface area contributed by atoms with Crippen molar-refractivity contribution in [3.63, 3.8) is 0 Å². The summed E-state index contributed by atoms with van der Waals surface area (Å²) in [5, 5.41) is 0. The molecule has 0 aliphatic heterocycles. The second-order valence-corrected chi connectivity index (χ2v) is 6.37. The Morgan fingerprint density at radius 2 is 1.72 bits per heavy atom. The minimum atomic E-state index is 0.187. The lowest BCUT2D eigenvalue weighted by Crippen LogP contribution is -2.57. The van der Waals surface area contributed by atoms with Crippen molar-refractivity contribution < 1.29 is 4.74 Å². The van der Waals surface area contributed by atoms with Crippen LogP contribution in [0.5, 0.6) is 0 Å². The molecule has 0 saturated heterocycles. The monoisotopic (exact) mass is 258 g/mol. The maximum atomic E-state index is 6.39. The molecule has 0 spiro atoms. The van der Waals surface area contributed by atoms with Crippen molar-refractivity contribution >= 4 is 0 Å². The molecule has 3 heteroatoms. The van der Waals surface area contributed by atoms with Crippen LogP contribution >= 0.6 is 0 Å². The highest BCUT2D eigenvalue weighted by atomic mass is 16.5. The average Bonchev–Trinajstić information content (AvgIpc) is 2.30. The molecule has 0 aromatic rings. The Kier molecular flexibility index (Phi) is 8.08. The van der Waals surface area contributed by atoms with Gasteiger partial charge in [-0.15, -0.1) is 0 Å². The van der Waals surface area contributed by atoms with Crippen LogP contribution in [0.1, 0.15) is 54.4 Å². The molecule has 0 bridgehead atoms. The van der Waals surface area contributed by atoms with E-state index in [4.69, 9.17) is 10.5 Å². The highest BCUT2D eigenvalue weighted by Gasteiger charge is 2.35. The molecule has 0 saturated carbocycles. The quantitative estimate of drug-likeness (QED) is 0.727. The van der Waals surface area contributed by atoms with Crippen molar-refractivity contribution in [2.75, 3.05) is 20.3 Å². The molecule has 3 nitrogen and oxygen atoms in total. The third-order valence-corrected chi connectivity index (χ3v) is 3.83. The Morgan fingerprint density at radius 1 is 1.17 bits per heavy atom. The van der Waals surface area contributed by atoms with Gasteiger partial charge in [-0.25, -0.2) is 0 Å². The molecule has 0 aromatic heterocycles. The van der Waals surface area contributed by atoms with Gasteiger partial charge < -0.3 is 10.5 Å².